The van der Waals surface area contributed by atoms with E-state index in [-0.39, 0.29) is 11.3 Å². The Bertz CT molecular complexity index is 340. The maximum Gasteiger partial charge on any atom is 0.335 e. The van der Waals surface area contributed by atoms with Crippen LogP contribution in [0, 0.1) is 11.3 Å². The zero-order valence-corrected chi connectivity index (χ0v) is 6.52. The molecule has 13 heavy (non-hydrogen) atoms. The van der Waals surface area contributed by atoms with Gasteiger partial charge in [-0.3, -0.25) is 4.79 Å². The highest BCUT2D eigenvalue weighted by Crippen LogP contribution is 2.13. The van der Waals surface area contributed by atoms with Gasteiger partial charge in [0.2, 0.25) is 0 Å². The molecule has 1 unspecified atom stereocenters. The van der Waals surface area contributed by atoms with Gasteiger partial charge < -0.3 is 15.6 Å². The molecule has 0 bridgehead atoms. The van der Waals surface area contributed by atoms with Crippen molar-refractivity contribution in [1.29, 1.82) is 5.41 Å². The van der Waals surface area contributed by atoms with Crippen LogP contribution in [0.2, 0.25) is 0 Å². The number of hydrogen-bond acceptors (Lipinski definition) is 3. The summed E-state index contributed by atoms with van der Waals surface area (Å²) in [4.78, 5) is 20.9. The largest absolute Gasteiger partial charge is 0.481 e. The van der Waals surface area contributed by atoms with Gasteiger partial charge in [-0.2, -0.15) is 0 Å². The Morgan fingerprint density at radius 2 is 2.00 bits per heavy atom. The molecule has 0 heterocycles. The molecule has 5 nitrogen and oxygen atoms in total. The number of hydrogen-bond donors (Lipinski definition) is 3. The number of nitrogens with one attached hydrogen (secondary N) is 1. The Morgan fingerprint density at radius 1 is 1.38 bits per heavy atom. The van der Waals surface area contributed by atoms with Crippen molar-refractivity contribution in [3.05, 3.63) is 23.8 Å². The Hall–Kier alpha value is -1.91. The van der Waals surface area contributed by atoms with Crippen LogP contribution in [0.4, 0.5) is 0 Å². The Kier molecular flexibility index (Phi) is 2.27. The van der Waals surface area contributed by atoms with E-state index in [0.29, 0.717) is 0 Å². The van der Waals surface area contributed by atoms with Gasteiger partial charge in [-0.15, -0.1) is 0 Å². The predicted molar refractivity (Wildman–Crippen MR) is 43.7 cm³/mol. The molecule has 0 radical (unpaired) electrons. The van der Waals surface area contributed by atoms with E-state index in [9.17, 15) is 9.59 Å². The molecule has 5 heteroatoms. The molecule has 0 aromatic carbocycles. The van der Waals surface area contributed by atoms with Crippen molar-refractivity contribution in [2.24, 2.45) is 5.92 Å². The minimum Gasteiger partial charge on any atom is -0.481 e. The van der Waals surface area contributed by atoms with Gasteiger partial charge in [0.25, 0.3) is 0 Å². The van der Waals surface area contributed by atoms with E-state index in [2.05, 4.69) is 0 Å². The van der Waals surface area contributed by atoms with Crippen LogP contribution >= 0.6 is 0 Å². The lowest BCUT2D eigenvalue weighted by Crippen LogP contribution is -2.23. The van der Waals surface area contributed by atoms with Gasteiger partial charge in [-0.1, -0.05) is 12.2 Å². The summed E-state index contributed by atoms with van der Waals surface area (Å²) in [5.74, 6) is -3.34. The van der Waals surface area contributed by atoms with Gasteiger partial charge >= 0.3 is 11.9 Å². The molecule has 1 aliphatic carbocycles. The quantitative estimate of drug-likeness (QED) is 0.570. The smallest absolute Gasteiger partial charge is 0.335 e. The lowest BCUT2D eigenvalue weighted by Gasteiger charge is -2.10. The summed E-state index contributed by atoms with van der Waals surface area (Å²) in [6.07, 6.45) is 3.42. The average molecular weight is 181 g/mol. The topological polar surface area (TPSA) is 98.5 Å². The highest BCUT2D eigenvalue weighted by molar-refractivity contribution is 6.12. The van der Waals surface area contributed by atoms with Crippen LogP contribution in [0.5, 0.6) is 0 Å². The average Bonchev–Trinajstić information content (AvgIpc) is 2.03. The second-order valence-electron chi connectivity index (χ2n) is 2.54. The van der Waals surface area contributed by atoms with Gasteiger partial charge in [-0.05, 0) is 6.08 Å². The van der Waals surface area contributed by atoms with E-state index in [1.54, 1.807) is 0 Å². The van der Waals surface area contributed by atoms with Crippen molar-refractivity contribution in [3.63, 3.8) is 0 Å². The van der Waals surface area contributed by atoms with Crippen LogP contribution in [0.15, 0.2) is 23.8 Å². The van der Waals surface area contributed by atoms with Crippen molar-refractivity contribution >= 4 is 17.7 Å². The molecule has 1 rings (SSSR count). The molecule has 0 aliphatic heterocycles. The van der Waals surface area contributed by atoms with E-state index in [1.165, 1.54) is 12.2 Å². The zero-order chi connectivity index (χ0) is 10.0. The molecule has 0 saturated carbocycles. The van der Waals surface area contributed by atoms with E-state index < -0.39 is 17.9 Å². The number of carbonyl (C=O) groups is 2. The van der Waals surface area contributed by atoms with Crippen LogP contribution in [-0.2, 0) is 9.59 Å². The standard InChI is InChI=1S/C8H7NO4/c9-6-3-4(7(10)11)1-2-5(6)8(12)13/h1-3,5,9H,(H,10,11)(H,12,13). The highest BCUT2D eigenvalue weighted by Gasteiger charge is 2.22. The highest BCUT2D eigenvalue weighted by atomic mass is 16.4. The van der Waals surface area contributed by atoms with Crippen LogP contribution in [0.25, 0.3) is 0 Å². The van der Waals surface area contributed by atoms with Crippen molar-refractivity contribution in [1.82, 2.24) is 0 Å². The maximum atomic E-state index is 10.5. The maximum absolute atomic E-state index is 10.5. The molecule has 3 N–H and O–H groups in total. The fourth-order valence-electron chi connectivity index (χ4n) is 0.957. The van der Waals surface area contributed by atoms with Crippen molar-refractivity contribution < 1.29 is 19.8 Å². The van der Waals surface area contributed by atoms with Crippen molar-refractivity contribution in [2.45, 2.75) is 0 Å². The normalized spacial score (nSPS) is 21.1. The fraction of sp³-hybridized carbons (Fsp3) is 0.125. The minimum atomic E-state index is -1.16. The van der Waals surface area contributed by atoms with Gasteiger partial charge in [0.1, 0.15) is 5.92 Å². The van der Waals surface area contributed by atoms with Crippen LogP contribution in [0.1, 0.15) is 0 Å². The summed E-state index contributed by atoms with van der Waals surface area (Å²) in [6.45, 7) is 0. The lowest BCUT2D eigenvalue weighted by molar-refractivity contribution is -0.138. The molecule has 1 aliphatic rings. The molecular formula is C8H7NO4. The molecule has 0 amide bonds. The van der Waals surface area contributed by atoms with Crippen molar-refractivity contribution in [2.75, 3.05) is 0 Å². The predicted octanol–water partition coefficient (Wildman–Crippen LogP) is 0.288. The second kappa shape index (κ2) is 3.22. The summed E-state index contributed by atoms with van der Waals surface area (Å²) in [5, 5.41) is 24.3. The number of rotatable bonds is 2. The van der Waals surface area contributed by atoms with Gasteiger partial charge in [0.15, 0.2) is 0 Å². The Morgan fingerprint density at radius 3 is 2.38 bits per heavy atom. The minimum absolute atomic E-state index is 0.0671. The lowest BCUT2D eigenvalue weighted by atomic mass is 9.95. The summed E-state index contributed by atoms with van der Waals surface area (Å²) in [5.41, 5.74) is -0.282. The second-order valence-corrected chi connectivity index (χ2v) is 2.54. The molecule has 0 aromatic heterocycles. The molecule has 0 spiro atoms. The summed E-state index contributed by atoms with van der Waals surface area (Å²) >= 11 is 0. The monoisotopic (exact) mass is 181 g/mol. The summed E-state index contributed by atoms with van der Waals surface area (Å²) < 4.78 is 0. The fourth-order valence-corrected chi connectivity index (χ4v) is 0.957. The number of aliphatic carboxylic acids is 2. The Labute approximate surface area is 73.5 Å². The SMILES string of the molecule is N=C1C=C(C(=O)O)C=CC1C(=O)O. The van der Waals surface area contributed by atoms with E-state index in [1.807, 2.05) is 0 Å². The number of carboxylic acids is 2. The van der Waals surface area contributed by atoms with E-state index in [0.717, 1.165) is 6.08 Å². The first-order valence-electron chi connectivity index (χ1n) is 3.47. The first-order valence-corrected chi connectivity index (χ1v) is 3.47. The summed E-state index contributed by atoms with van der Waals surface area (Å²) in [6, 6.07) is 0. The Balaban J connectivity index is 2.91. The first-order chi connectivity index (χ1) is 6.02. The third kappa shape index (κ3) is 1.81. The van der Waals surface area contributed by atoms with E-state index in [4.69, 9.17) is 15.6 Å². The van der Waals surface area contributed by atoms with E-state index >= 15 is 0 Å². The van der Waals surface area contributed by atoms with Crippen molar-refractivity contribution in [3.8, 4) is 0 Å². The molecular weight excluding hydrogens is 174 g/mol. The molecule has 0 fully saturated rings. The third-order valence-electron chi connectivity index (χ3n) is 1.63. The van der Waals surface area contributed by atoms with Gasteiger partial charge in [0, 0.05) is 0 Å². The van der Waals surface area contributed by atoms with Crippen LogP contribution in [-0.4, -0.2) is 27.9 Å². The zero-order valence-electron chi connectivity index (χ0n) is 6.52. The summed E-state index contributed by atoms with van der Waals surface area (Å²) in [7, 11) is 0. The number of carboxylic acid groups (broad SMARTS) is 2. The number of allylic oxidation sites excluding steroid dienone is 1. The molecule has 1 atom stereocenters. The molecule has 0 saturated heterocycles. The van der Waals surface area contributed by atoms with Crippen LogP contribution in [0.3, 0.4) is 0 Å². The van der Waals surface area contributed by atoms with Gasteiger partial charge in [-0.25, -0.2) is 4.79 Å². The first kappa shape index (κ1) is 9.18. The van der Waals surface area contributed by atoms with Crippen LogP contribution < -0.4 is 0 Å². The third-order valence-corrected chi connectivity index (χ3v) is 1.63. The van der Waals surface area contributed by atoms with Gasteiger partial charge in [0.05, 0.1) is 11.3 Å². The molecule has 68 valence electrons. The molecule has 0 aromatic rings.